The second kappa shape index (κ2) is 7.58. The van der Waals surface area contributed by atoms with Gasteiger partial charge in [0.25, 0.3) is 0 Å². The van der Waals surface area contributed by atoms with Gasteiger partial charge in [0.15, 0.2) is 0 Å². The maximum atomic E-state index is 12.3. The summed E-state index contributed by atoms with van der Waals surface area (Å²) >= 11 is 1.54. The third-order valence-corrected chi connectivity index (χ3v) is 5.59. The zero-order valence-corrected chi connectivity index (χ0v) is 15.2. The maximum Gasteiger partial charge on any atom is 0.244 e. The van der Waals surface area contributed by atoms with Crippen LogP contribution in [0, 0.1) is 17.2 Å². The summed E-state index contributed by atoms with van der Waals surface area (Å²) in [4.78, 5) is 13.6. The molecular weight excluding hydrogens is 334 g/mol. The summed E-state index contributed by atoms with van der Waals surface area (Å²) in [7, 11) is 1.59. The maximum absolute atomic E-state index is 12.3. The van der Waals surface area contributed by atoms with Crippen LogP contribution < -0.4 is 15.4 Å². The molecule has 0 aliphatic heterocycles. The van der Waals surface area contributed by atoms with E-state index < -0.39 is 0 Å². The topological polar surface area (TPSA) is 74.2 Å². The predicted octanol–water partition coefficient (Wildman–Crippen LogP) is 3.80. The number of ether oxygens (including phenoxy) is 1. The molecule has 1 amide bonds. The fourth-order valence-corrected chi connectivity index (χ4v) is 4.47. The highest BCUT2D eigenvalue weighted by Gasteiger charge is 2.24. The van der Waals surface area contributed by atoms with Crippen LogP contribution in [0.15, 0.2) is 24.3 Å². The Kier molecular flexibility index (Phi) is 5.25. The highest BCUT2D eigenvalue weighted by Crippen LogP contribution is 2.39. The van der Waals surface area contributed by atoms with Crippen molar-refractivity contribution in [2.45, 2.75) is 26.2 Å². The first-order chi connectivity index (χ1) is 12.1. The molecular formula is C19H21N3O2S. The van der Waals surface area contributed by atoms with Crippen LogP contribution in [-0.2, 0) is 17.6 Å². The molecule has 1 aromatic heterocycles. The lowest BCUT2D eigenvalue weighted by atomic mass is 9.89. The highest BCUT2D eigenvalue weighted by atomic mass is 32.1. The Balaban J connectivity index is 1.68. The van der Waals surface area contributed by atoms with E-state index in [1.807, 2.05) is 24.3 Å². The number of nitrogens with one attached hydrogen (secondary N) is 2. The Labute approximate surface area is 151 Å². The van der Waals surface area contributed by atoms with E-state index in [-0.39, 0.29) is 12.5 Å². The number of fused-ring (bicyclic) bond motifs is 1. The van der Waals surface area contributed by atoms with Crippen molar-refractivity contribution in [3.63, 3.8) is 0 Å². The van der Waals surface area contributed by atoms with Crippen molar-refractivity contribution < 1.29 is 9.53 Å². The van der Waals surface area contributed by atoms with Crippen molar-refractivity contribution >= 4 is 27.9 Å². The normalized spacial score (nSPS) is 15.8. The van der Waals surface area contributed by atoms with E-state index in [1.54, 1.807) is 18.4 Å². The first kappa shape index (κ1) is 17.3. The van der Waals surface area contributed by atoms with E-state index in [1.165, 1.54) is 4.88 Å². The van der Waals surface area contributed by atoms with Gasteiger partial charge in [-0.2, -0.15) is 5.26 Å². The zero-order chi connectivity index (χ0) is 17.8. The summed E-state index contributed by atoms with van der Waals surface area (Å²) in [6.07, 6.45) is 3.01. The summed E-state index contributed by atoms with van der Waals surface area (Å²) in [6.45, 7) is 2.34. The zero-order valence-electron chi connectivity index (χ0n) is 14.4. The summed E-state index contributed by atoms with van der Waals surface area (Å²) in [5, 5.41) is 16.1. The summed E-state index contributed by atoms with van der Waals surface area (Å²) in [5.74, 6) is 1.15. The Bertz CT molecular complexity index is 823. The van der Waals surface area contributed by atoms with E-state index >= 15 is 0 Å². The molecule has 3 rings (SSSR count). The minimum Gasteiger partial charge on any atom is -0.495 e. The number of para-hydroxylation sites is 2. The molecule has 5 nitrogen and oxygen atoms in total. The molecule has 0 fully saturated rings. The van der Waals surface area contributed by atoms with Gasteiger partial charge in [-0.05, 0) is 42.9 Å². The molecule has 1 aromatic carbocycles. The molecule has 1 heterocycles. The lowest BCUT2D eigenvalue weighted by Crippen LogP contribution is -2.21. The van der Waals surface area contributed by atoms with Crippen molar-refractivity contribution in [3.05, 3.63) is 40.3 Å². The van der Waals surface area contributed by atoms with Gasteiger partial charge in [-0.15, -0.1) is 11.3 Å². The van der Waals surface area contributed by atoms with Gasteiger partial charge in [0.05, 0.1) is 24.9 Å². The smallest absolute Gasteiger partial charge is 0.244 e. The van der Waals surface area contributed by atoms with Crippen LogP contribution in [0.2, 0.25) is 0 Å². The molecule has 2 N–H and O–H groups in total. The van der Waals surface area contributed by atoms with E-state index in [2.05, 4.69) is 23.6 Å². The van der Waals surface area contributed by atoms with Gasteiger partial charge in [-0.25, -0.2) is 0 Å². The fraction of sp³-hybridized carbons (Fsp3) is 0.368. The molecule has 1 aliphatic carbocycles. The number of methoxy groups -OCH3 is 1. The van der Waals surface area contributed by atoms with Crippen LogP contribution in [0.3, 0.4) is 0 Å². The second-order valence-corrected chi connectivity index (χ2v) is 7.37. The molecule has 130 valence electrons. The fourth-order valence-electron chi connectivity index (χ4n) is 3.09. The van der Waals surface area contributed by atoms with Gasteiger partial charge < -0.3 is 15.4 Å². The predicted molar refractivity (Wildman–Crippen MR) is 100 cm³/mol. The van der Waals surface area contributed by atoms with Crippen LogP contribution in [0.5, 0.6) is 5.75 Å². The van der Waals surface area contributed by atoms with Crippen LogP contribution in [-0.4, -0.2) is 19.6 Å². The number of carbonyl (C=O) groups excluding carboxylic acids is 1. The van der Waals surface area contributed by atoms with Crippen LogP contribution in [0.4, 0.5) is 10.7 Å². The monoisotopic (exact) mass is 355 g/mol. The Morgan fingerprint density at radius 1 is 1.44 bits per heavy atom. The number of anilines is 2. The minimum atomic E-state index is -0.172. The number of carbonyl (C=O) groups is 1. The molecule has 0 bridgehead atoms. The quantitative estimate of drug-likeness (QED) is 0.855. The standard InChI is InChI=1S/C19H21N3O2S/c1-12-7-8-13-14(10-20)19(25-17(13)9-12)22-18(23)11-21-15-5-3-4-6-16(15)24-2/h3-6,12,21H,7-9,11H2,1-2H3,(H,22,23)/t12-/m0/s1. The van der Waals surface area contributed by atoms with E-state index in [9.17, 15) is 10.1 Å². The van der Waals surface area contributed by atoms with Crippen LogP contribution in [0.25, 0.3) is 0 Å². The molecule has 2 aromatic rings. The summed E-state index contributed by atoms with van der Waals surface area (Å²) < 4.78 is 5.26. The number of rotatable bonds is 5. The molecule has 25 heavy (non-hydrogen) atoms. The van der Waals surface area contributed by atoms with Crippen molar-refractivity contribution in [2.24, 2.45) is 5.92 Å². The summed E-state index contributed by atoms with van der Waals surface area (Å²) in [5.41, 5.74) is 2.52. The number of hydrogen-bond acceptors (Lipinski definition) is 5. The van der Waals surface area contributed by atoms with Gasteiger partial charge >= 0.3 is 0 Å². The lowest BCUT2D eigenvalue weighted by molar-refractivity contribution is -0.114. The molecule has 0 radical (unpaired) electrons. The second-order valence-electron chi connectivity index (χ2n) is 6.27. The number of amides is 1. The average Bonchev–Trinajstić information content (AvgIpc) is 2.95. The molecule has 0 saturated carbocycles. The van der Waals surface area contributed by atoms with Crippen molar-refractivity contribution in [1.29, 1.82) is 5.26 Å². The molecule has 1 atom stereocenters. The van der Waals surface area contributed by atoms with Gasteiger partial charge in [0.2, 0.25) is 5.91 Å². The van der Waals surface area contributed by atoms with Gasteiger partial charge in [0.1, 0.15) is 16.8 Å². The molecule has 0 unspecified atom stereocenters. The van der Waals surface area contributed by atoms with Gasteiger partial charge in [-0.3, -0.25) is 4.79 Å². The Morgan fingerprint density at radius 2 is 2.24 bits per heavy atom. The van der Waals surface area contributed by atoms with E-state index in [0.29, 0.717) is 22.2 Å². The van der Waals surface area contributed by atoms with Crippen molar-refractivity contribution in [2.75, 3.05) is 24.3 Å². The third-order valence-electron chi connectivity index (χ3n) is 4.42. The van der Waals surface area contributed by atoms with Gasteiger partial charge in [0, 0.05) is 4.88 Å². The van der Waals surface area contributed by atoms with Crippen molar-refractivity contribution in [3.8, 4) is 11.8 Å². The van der Waals surface area contributed by atoms with E-state index in [0.717, 1.165) is 30.5 Å². The van der Waals surface area contributed by atoms with Crippen LogP contribution in [0.1, 0.15) is 29.3 Å². The molecule has 0 saturated heterocycles. The number of nitrogens with zero attached hydrogens (tertiary/aromatic N) is 1. The van der Waals surface area contributed by atoms with Gasteiger partial charge in [-0.1, -0.05) is 19.1 Å². The number of thiophene rings is 1. The summed E-state index contributed by atoms with van der Waals surface area (Å²) in [6, 6.07) is 9.72. The molecule has 1 aliphatic rings. The Morgan fingerprint density at radius 3 is 3.00 bits per heavy atom. The first-order valence-corrected chi connectivity index (χ1v) is 9.15. The number of benzene rings is 1. The molecule has 0 spiro atoms. The highest BCUT2D eigenvalue weighted by molar-refractivity contribution is 7.16. The van der Waals surface area contributed by atoms with Crippen LogP contribution >= 0.6 is 11.3 Å². The average molecular weight is 355 g/mol. The lowest BCUT2D eigenvalue weighted by Gasteiger charge is -2.17. The van der Waals surface area contributed by atoms with E-state index in [4.69, 9.17) is 4.74 Å². The SMILES string of the molecule is COc1ccccc1NCC(=O)Nc1sc2c(c1C#N)CC[C@H](C)C2. The number of nitriles is 1. The number of hydrogen-bond donors (Lipinski definition) is 2. The minimum absolute atomic E-state index is 0.115. The largest absolute Gasteiger partial charge is 0.495 e. The van der Waals surface area contributed by atoms with Crippen molar-refractivity contribution in [1.82, 2.24) is 0 Å². The Hall–Kier alpha value is -2.52. The third kappa shape index (κ3) is 3.77. The first-order valence-electron chi connectivity index (χ1n) is 8.33. The molecule has 6 heteroatoms.